The molecule has 2 N–H and O–H groups in total. The minimum atomic E-state index is -0.539. The summed E-state index contributed by atoms with van der Waals surface area (Å²) in [4.78, 5) is 20.0. The van der Waals surface area contributed by atoms with Crippen molar-refractivity contribution in [3.05, 3.63) is 54.1 Å². The van der Waals surface area contributed by atoms with Crippen molar-refractivity contribution in [1.29, 1.82) is 0 Å². The molecule has 1 aromatic carbocycles. The monoisotopic (exact) mass is 315 g/mol. The smallest absolute Gasteiger partial charge is 0.251 e. The molecule has 0 aliphatic carbocycles. The van der Waals surface area contributed by atoms with Gasteiger partial charge < -0.3 is 0 Å². The average molecular weight is 315 g/mol. The topological polar surface area (TPSA) is 101 Å². The number of H-pyrrole nitrogens is 1. The summed E-state index contributed by atoms with van der Waals surface area (Å²) in [5.74, 6) is 0.0664. The van der Waals surface area contributed by atoms with Gasteiger partial charge in [0.25, 0.3) is 5.91 Å². The molecule has 9 heteroatoms. The van der Waals surface area contributed by atoms with E-state index < -0.39 is 6.04 Å². The maximum atomic E-state index is 13.2. The maximum Gasteiger partial charge on any atom is 0.251 e. The summed E-state index contributed by atoms with van der Waals surface area (Å²) in [7, 11) is 0. The third-order valence-corrected chi connectivity index (χ3v) is 3.24. The lowest BCUT2D eigenvalue weighted by Crippen LogP contribution is -2.24. The lowest BCUT2D eigenvalue weighted by Gasteiger charge is -2.09. The van der Waals surface area contributed by atoms with Crippen LogP contribution in [0, 0.1) is 5.82 Å². The van der Waals surface area contributed by atoms with Gasteiger partial charge in [0.15, 0.2) is 0 Å². The molecule has 0 bridgehead atoms. The van der Waals surface area contributed by atoms with E-state index in [0.29, 0.717) is 12.2 Å². The van der Waals surface area contributed by atoms with Gasteiger partial charge in [0.2, 0.25) is 5.95 Å². The predicted octanol–water partition coefficient (Wildman–Crippen LogP) is 1.33. The zero-order valence-corrected chi connectivity index (χ0v) is 12.3. The summed E-state index contributed by atoms with van der Waals surface area (Å²) in [5, 5.41) is 13.2. The van der Waals surface area contributed by atoms with Crippen molar-refractivity contribution in [2.24, 2.45) is 0 Å². The number of hydrogen-bond acceptors (Lipinski definition) is 5. The molecule has 0 unspecified atom stereocenters. The highest BCUT2D eigenvalue weighted by Crippen LogP contribution is 2.10. The van der Waals surface area contributed by atoms with Crippen LogP contribution in [0.1, 0.15) is 24.4 Å². The van der Waals surface area contributed by atoms with Crippen LogP contribution in [0.4, 0.5) is 10.3 Å². The molecule has 1 atom stereocenters. The van der Waals surface area contributed by atoms with E-state index in [1.807, 2.05) is 0 Å². The van der Waals surface area contributed by atoms with E-state index in [0.717, 1.165) is 5.56 Å². The first-order valence-electron chi connectivity index (χ1n) is 6.92. The first-order chi connectivity index (χ1) is 11.1. The molecule has 0 saturated heterocycles. The minimum absolute atomic E-state index is 0.161. The quantitative estimate of drug-likeness (QED) is 0.739. The standard InChI is InChI=1S/C14H14FN7O/c1-9(22-8-16-7-17-22)13(23)19-14-18-12(20-21-14)6-10-3-2-4-11(15)5-10/h2-5,7-9H,6H2,1H3,(H2,18,19,20,21,23)/t9-/m1/s1. The minimum Gasteiger partial charge on any atom is -0.291 e. The Labute approximate surface area is 130 Å². The van der Waals surface area contributed by atoms with Crippen molar-refractivity contribution in [2.75, 3.05) is 5.32 Å². The number of rotatable bonds is 5. The SMILES string of the molecule is C[C@H](C(=O)Nc1n[nH]c(Cc2cccc(F)c2)n1)n1cncn1. The number of aromatic nitrogens is 6. The van der Waals surface area contributed by atoms with Crippen LogP contribution in [0.3, 0.4) is 0 Å². The number of amides is 1. The maximum absolute atomic E-state index is 13.2. The van der Waals surface area contributed by atoms with Gasteiger partial charge in [-0.15, -0.1) is 5.10 Å². The summed E-state index contributed by atoms with van der Waals surface area (Å²) in [6.07, 6.45) is 3.20. The van der Waals surface area contributed by atoms with Crippen molar-refractivity contribution < 1.29 is 9.18 Å². The highest BCUT2D eigenvalue weighted by Gasteiger charge is 2.17. The summed E-state index contributed by atoms with van der Waals surface area (Å²) >= 11 is 0. The van der Waals surface area contributed by atoms with Crippen LogP contribution in [0.2, 0.25) is 0 Å². The van der Waals surface area contributed by atoms with Crippen molar-refractivity contribution in [3.63, 3.8) is 0 Å². The molecule has 2 heterocycles. The van der Waals surface area contributed by atoms with Crippen LogP contribution in [-0.2, 0) is 11.2 Å². The highest BCUT2D eigenvalue weighted by atomic mass is 19.1. The lowest BCUT2D eigenvalue weighted by molar-refractivity contribution is -0.119. The molecule has 3 aromatic rings. The first kappa shape index (κ1) is 14.8. The van der Waals surface area contributed by atoms with Gasteiger partial charge in [0, 0.05) is 6.42 Å². The van der Waals surface area contributed by atoms with Crippen LogP contribution in [-0.4, -0.2) is 35.9 Å². The van der Waals surface area contributed by atoms with E-state index in [1.54, 1.807) is 19.1 Å². The van der Waals surface area contributed by atoms with E-state index in [9.17, 15) is 9.18 Å². The van der Waals surface area contributed by atoms with Gasteiger partial charge in [0.1, 0.15) is 30.3 Å². The Morgan fingerprint density at radius 1 is 1.48 bits per heavy atom. The number of aromatic amines is 1. The van der Waals surface area contributed by atoms with Crippen molar-refractivity contribution in [2.45, 2.75) is 19.4 Å². The molecule has 0 spiro atoms. The number of nitrogens with zero attached hydrogens (tertiary/aromatic N) is 5. The van der Waals surface area contributed by atoms with Gasteiger partial charge >= 0.3 is 0 Å². The third kappa shape index (κ3) is 3.57. The molecule has 0 aliphatic rings. The van der Waals surface area contributed by atoms with E-state index in [2.05, 4.69) is 30.6 Å². The van der Waals surface area contributed by atoms with Gasteiger partial charge in [-0.2, -0.15) is 10.1 Å². The lowest BCUT2D eigenvalue weighted by atomic mass is 10.1. The van der Waals surface area contributed by atoms with Crippen LogP contribution in [0.5, 0.6) is 0 Å². The number of halogens is 1. The second-order valence-electron chi connectivity index (χ2n) is 4.95. The average Bonchev–Trinajstić information content (AvgIpc) is 3.18. The fourth-order valence-electron chi connectivity index (χ4n) is 2.02. The first-order valence-corrected chi connectivity index (χ1v) is 6.92. The summed E-state index contributed by atoms with van der Waals surface area (Å²) in [6.45, 7) is 1.68. The van der Waals surface area contributed by atoms with Gasteiger partial charge in [-0.3, -0.25) is 15.2 Å². The van der Waals surface area contributed by atoms with Gasteiger partial charge in [-0.05, 0) is 24.6 Å². The van der Waals surface area contributed by atoms with E-state index in [4.69, 9.17) is 0 Å². The van der Waals surface area contributed by atoms with Gasteiger partial charge in [0.05, 0.1) is 0 Å². The Bertz CT molecular complexity index is 799. The Kier molecular flexibility index (Phi) is 4.09. The van der Waals surface area contributed by atoms with Crippen molar-refractivity contribution >= 4 is 11.9 Å². The predicted molar refractivity (Wildman–Crippen MR) is 79.0 cm³/mol. The van der Waals surface area contributed by atoms with Crippen molar-refractivity contribution in [1.82, 2.24) is 29.9 Å². The molecule has 118 valence electrons. The molecule has 0 radical (unpaired) electrons. The molecule has 0 saturated carbocycles. The van der Waals surface area contributed by atoms with E-state index in [-0.39, 0.29) is 17.7 Å². The van der Waals surface area contributed by atoms with Gasteiger partial charge in [-0.1, -0.05) is 12.1 Å². The molecular weight excluding hydrogens is 301 g/mol. The molecule has 23 heavy (non-hydrogen) atoms. The number of carbonyl (C=O) groups excluding carboxylic acids is 1. The van der Waals surface area contributed by atoms with Gasteiger partial charge in [-0.25, -0.2) is 14.1 Å². The van der Waals surface area contributed by atoms with Crippen LogP contribution < -0.4 is 5.32 Å². The molecule has 3 rings (SSSR count). The third-order valence-electron chi connectivity index (χ3n) is 3.24. The summed E-state index contributed by atoms with van der Waals surface area (Å²) in [5.41, 5.74) is 0.759. The van der Waals surface area contributed by atoms with Crippen molar-refractivity contribution in [3.8, 4) is 0 Å². The number of nitrogens with one attached hydrogen (secondary N) is 2. The molecule has 0 fully saturated rings. The second-order valence-corrected chi connectivity index (χ2v) is 4.95. The Morgan fingerprint density at radius 3 is 3.09 bits per heavy atom. The Hall–Kier alpha value is -3.10. The normalized spacial score (nSPS) is 12.1. The summed E-state index contributed by atoms with van der Waals surface area (Å²) in [6, 6.07) is 5.68. The van der Waals surface area contributed by atoms with Crippen LogP contribution >= 0.6 is 0 Å². The largest absolute Gasteiger partial charge is 0.291 e. The zero-order valence-electron chi connectivity index (χ0n) is 12.3. The van der Waals surface area contributed by atoms with Crippen LogP contribution in [0.15, 0.2) is 36.9 Å². The Balaban J connectivity index is 1.64. The number of carbonyl (C=O) groups is 1. The second kappa shape index (κ2) is 6.34. The fraction of sp³-hybridized carbons (Fsp3) is 0.214. The number of benzene rings is 1. The molecule has 0 aliphatic heterocycles. The molecular formula is C14H14FN7O. The molecule has 1 amide bonds. The highest BCUT2D eigenvalue weighted by molar-refractivity contribution is 5.91. The van der Waals surface area contributed by atoms with E-state index in [1.165, 1.54) is 29.5 Å². The zero-order chi connectivity index (χ0) is 16.2. The Morgan fingerprint density at radius 2 is 2.35 bits per heavy atom. The van der Waals surface area contributed by atoms with E-state index >= 15 is 0 Å². The molecule has 8 nitrogen and oxygen atoms in total. The number of hydrogen-bond donors (Lipinski definition) is 2. The fourth-order valence-corrected chi connectivity index (χ4v) is 2.02. The summed E-state index contributed by atoms with van der Waals surface area (Å²) < 4.78 is 14.6. The number of anilines is 1. The van der Waals surface area contributed by atoms with Crippen LogP contribution in [0.25, 0.3) is 0 Å². The molecule has 2 aromatic heterocycles.